The summed E-state index contributed by atoms with van der Waals surface area (Å²) in [6.07, 6.45) is 0.828. The van der Waals surface area contributed by atoms with Gasteiger partial charge in [0, 0.05) is 6.54 Å². The van der Waals surface area contributed by atoms with Gasteiger partial charge in [0.25, 0.3) is 5.91 Å². The average molecular weight is 344 g/mol. The molecule has 0 aromatic heterocycles. The summed E-state index contributed by atoms with van der Waals surface area (Å²) in [7, 11) is 1.55. The second kappa shape index (κ2) is 9.52. The highest BCUT2D eigenvalue weighted by molar-refractivity contribution is 7.80. The first-order valence-corrected chi connectivity index (χ1v) is 7.97. The van der Waals surface area contributed by atoms with Crippen LogP contribution >= 0.6 is 12.2 Å². The van der Waals surface area contributed by atoms with Crippen molar-refractivity contribution in [3.05, 3.63) is 60.2 Å². The zero-order valence-electron chi connectivity index (χ0n) is 13.5. The number of hydrogen-bond donors (Lipinski definition) is 2. The van der Waals surface area contributed by atoms with Crippen LogP contribution in [0.4, 0.5) is 0 Å². The third-order valence-corrected chi connectivity index (χ3v) is 3.47. The number of ether oxygens (including phenoxy) is 2. The van der Waals surface area contributed by atoms with Gasteiger partial charge in [-0.3, -0.25) is 4.79 Å². The minimum absolute atomic E-state index is 0.138. The van der Waals surface area contributed by atoms with Crippen LogP contribution in [0.5, 0.6) is 11.5 Å². The van der Waals surface area contributed by atoms with Crippen molar-refractivity contribution >= 4 is 23.2 Å². The summed E-state index contributed by atoms with van der Waals surface area (Å²) in [4.78, 5) is 11.9. The molecular weight excluding hydrogens is 324 g/mol. The van der Waals surface area contributed by atoms with Crippen molar-refractivity contribution in [3.8, 4) is 11.5 Å². The number of para-hydroxylation sites is 2. The summed E-state index contributed by atoms with van der Waals surface area (Å²) in [6, 6.07) is 17.2. The van der Waals surface area contributed by atoms with Gasteiger partial charge in [-0.05, 0) is 36.3 Å². The maximum Gasteiger partial charge on any atom is 0.264 e. The lowest BCUT2D eigenvalue weighted by molar-refractivity contribution is -0.121. The molecule has 0 aliphatic heterocycles. The zero-order valence-corrected chi connectivity index (χ0v) is 14.3. The molecular formula is C18H20N2O3S. The third-order valence-electron chi connectivity index (χ3n) is 3.22. The Balaban J connectivity index is 1.69. The highest BCUT2D eigenvalue weighted by atomic mass is 32.1. The van der Waals surface area contributed by atoms with E-state index in [-0.39, 0.29) is 12.5 Å². The van der Waals surface area contributed by atoms with E-state index >= 15 is 0 Å². The molecule has 2 N–H and O–H groups in total. The topological polar surface area (TPSA) is 59.6 Å². The van der Waals surface area contributed by atoms with Crippen molar-refractivity contribution in [1.82, 2.24) is 10.6 Å². The number of methoxy groups -OCH3 is 1. The molecule has 0 spiro atoms. The fourth-order valence-electron chi connectivity index (χ4n) is 2.05. The second-order valence-electron chi connectivity index (χ2n) is 4.98. The standard InChI is InChI=1S/C18H20N2O3S/c1-22-15-9-5-6-10-16(15)23-13-17(21)20-18(24)19-12-11-14-7-3-2-4-8-14/h2-10H,11-13H2,1H3,(H2,19,20,21,24). The van der Waals surface area contributed by atoms with Gasteiger partial charge in [0.15, 0.2) is 23.2 Å². The summed E-state index contributed by atoms with van der Waals surface area (Å²) >= 11 is 5.10. The molecule has 0 unspecified atom stereocenters. The number of carbonyl (C=O) groups is 1. The molecule has 0 saturated carbocycles. The Morgan fingerprint density at radius 2 is 1.71 bits per heavy atom. The summed E-state index contributed by atoms with van der Waals surface area (Å²) in [5, 5.41) is 5.88. The summed E-state index contributed by atoms with van der Waals surface area (Å²) < 4.78 is 10.6. The van der Waals surface area contributed by atoms with Crippen LogP contribution in [0.1, 0.15) is 5.56 Å². The number of carbonyl (C=O) groups excluding carboxylic acids is 1. The number of hydrogen-bond acceptors (Lipinski definition) is 4. The first kappa shape index (κ1) is 17.7. The number of nitrogens with one attached hydrogen (secondary N) is 2. The van der Waals surface area contributed by atoms with Crippen LogP contribution in [0, 0.1) is 0 Å². The van der Waals surface area contributed by atoms with Crippen LogP contribution < -0.4 is 20.1 Å². The molecule has 0 bridgehead atoms. The van der Waals surface area contributed by atoms with Gasteiger partial charge in [-0.15, -0.1) is 0 Å². The smallest absolute Gasteiger partial charge is 0.264 e. The Bertz CT molecular complexity index is 677. The van der Waals surface area contributed by atoms with Gasteiger partial charge in [-0.1, -0.05) is 42.5 Å². The van der Waals surface area contributed by atoms with Crippen LogP contribution in [0.2, 0.25) is 0 Å². The minimum atomic E-state index is -0.321. The number of benzene rings is 2. The predicted octanol–water partition coefficient (Wildman–Crippen LogP) is 2.31. The molecule has 5 nitrogen and oxygen atoms in total. The Morgan fingerprint density at radius 3 is 2.42 bits per heavy atom. The summed E-state index contributed by atoms with van der Waals surface area (Å²) in [5.41, 5.74) is 1.21. The van der Waals surface area contributed by atoms with E-state index in [1.165, 1.54) is 5.56 Å². The van der Waals surface area contributed by atoms with Gasteiger partial charge < -0.3 is 20.1 Å². The molecule has 24 heavy (non-hydrogen) atoms. The lowest BCUT2D eigenvalue weighted by Crippen LogP contribution is -2.42. The normalized spacial score (nSPS) is 9.88. The van der Waals surface area contributed by atoms with E-state index in [1.54, 1.807) is 19.2 Å². The van der Waals surface area contributed by atoms with Crippen molar-refractivity contribution < 1.29 is 14.3 Å². The second-order valence-corrected chi connectivity index (χ2v) is 5.39. The molecule has 0 saturated heterocycles. The highest BCUT2D eigenvalue weighted by Crippen LogP contribution is 2.25. The minimum Gasteiger partial charge on any atom is -0.493 e. The van der Waals surface area contributed by atoms with E-state index in [1.807, 2.05) is 42.5 Å². The lowest BCUT2D eigenvalue weighted by Gasteiger charge is -2.12. The molecule has 126 valence electrons. The maximum atomic E-state index is 11.9. The molecule has 0 radical (unpaired) electrons. The molecule has 0 aliphatic carbocycles. The molecule has 0 fully saturated rings. The Hall–Kier alpha value is -2.60. The highest BCUT2D eigenvalue weighted by Gasteiger charge is 2.08. The molecule has 2 aromatic carbocycles. The SMILES string of the molecule is COc1ccccc1OCC(=O)NC(=S)NCCc1ccccc1. The van der Waals surface area contributed by atoms with Crippen molar-refractivity contribution in [2.24, 2.45) is 0 Å². The number of thiocarbonyl (C=S) groups is 1. The summed E-state index contributed by atoms with van der Waals surface area (Å²) in [6.45, 7) is 0.511. The predicted molar refractivity (Wildman–Crippen MR) is 97.4 cm³/mol. The van der Waals surface area contributed by atoms with Gasteiger partial charge in [0.05, 0.1) is 7.11 Å². The molecule has 0 aliphatic rings. The monoisotopic (exact) mass is 344 g/mol. The Labute approximate surface area is 147 Å². The van der Waals surface area contributed by atoms with Crippen LogP contribution in [-0.4, -0.2) is 31.3 Å². The third kappa shape index (κ3) is 5.89. The fourth-order valence-corrected chi connectivity index (χ4v) is 2.27. The van der Waals surface area contributed by atoms with Crippen LogP contribution in [-0.2, 0) is 11.2 Å². The molecule has 2 aromatic rings. The van der Waals surface area contributed by atoms with Crippen molar-refractivity contribution in [2.45, 2.75) is 6.42 Å². The Morgan fingerprint density at radius 1 is 1.04 bits per heavy atom. The van der Waals surface area contributed by atoms with Gasteiger partial charge in [-0.2, -0.15) is 0 Å². The van der Waals surface area contributed by atoms with Crippen LogP contribution in [0.25, 0.3) is 0 Å². The molecule has 6 heteroatoms. The molecule has 2 rings (SSSR count). The summed E-state index contributed by atoms with van der Waals surface area (Å²) in [5.74, 6) is 0.769. The zero-order chi connectivity index (χ0) is 17.2. The first-order chi connectivity index (χ1) is 11.7. The molecule has 1 amide bonds. The fraction of sp³-hybridized carbons (Fsp3) is 0.222. The van der Waals surface area contributed by atoms with E-state index in [9.17, 15) is 4.79 Å². The first-order valence-electron chi connectivity index (χ1n) is 7.56. The maximum absolute atomic E-state index is 11.9. The molecule has 0 atom stereocenters. The van der Waals surface area contributed by atoms with E-state index < -0.39 is 0 Å². The van der Waals surface area contributed by atoms with Crippen molar-refractivity contribution in [1.29, 1.82) is 0 Å². The number of amides is 1. The average Bonchev–Trinajstić information content (AvgIpc) is 2.61. The van der Waals surface area contributed by atoms with E-state index in [0.29, 0.717) is 23.2 Å². The van der Waals surface area contributed by atoms with Crippen molar-refractivity contribution in [2.75, 3.05) is 20.3 Å². The van der Waals surface area contributed by atoms with E-state index in [0.717, 1.165) is 6.42 Å². The Kier molecular flexibility index (Phi) is 7.04. The van der Waals surface area contributed by atoms with Crippen LogP contribution in [0.15, 0.2) is 54.6 Å². The van der Waals surface area contributed by atoms with E-state index in [4.69, 9.17) is 21.7 Å². The molecule has 0 heterocycles. The van der Waals surface area contributed by atoms with Gasteiger partial charge >= 0.3 is 0 Å². The quantitative estimate of drug-likeness (QED) is 0.755. The lowest BCUT2D eigenvalue weighted by atomic mass is 10.1. The van der Waals surface area contributed by atoms with Gasteiger partial charge in [-0.25, -0.2) is 0 Å². The largest absolute Gasteiger partial charge is 0.493 e. The van der Waals surface area contributed by atoms with Gasteiger partial charge in [0.2, 0.25) is 0 Å². The van der Waals surface area contributed by atoms with E-state index in [2.05, 4.69) is 10.6 Å². The van der Waals surface area contributed by atoms with Gasteiger partial charge in [0.1, 0.15) is 0 Å². The number of rotatable bonds is 7. The van der Waals surface area contributed by atoms with Crippen molar-refractivity contribution in [3.63, 3.8) is 0 Å². The van der Waals surface area contributed by atoms with Crippen LogP contribution in [0.3, 0.4) is 0 Å².